The van der Waals surface area contributed by atoms with Gasteiger partial charge in [-0.05, 0) is 37.1 Å². The number of nitrogens with zero attached hydrogens (tertiary/aromatic N) is 2. The second kappa shape index (κ2) is 7.65. The molecule has 1 aromatic carbocycles. The lowest BCUT2D eigenvalue weighted by Crippen LogP contribution is -2.34. The van der Waals surface area contributed by atoms with Gasteiger partial charge in [-0.15, -0.1) is 0 Å². The largest absolute Gasteiger partial charge is 0.349 e. The van der Waals surface area contributed by atoms with Crippen molar-refractivity contribution >= 4 is 16.8 Å². The van der Waals surface area contributed by atoms with Crippen LogP contribution in [0.5, 0.6) is 0 Å². The molecule has 0 atom stereocenters. The van der Waals surface area contributed by atoms with Crippen LogP contribution in [0, 0.1) is 0 Å². The molecular weight excluding hydrogens is 322 g/mol. The zero-order valence-corrected chi connectivity index (χ0v) is 14.8. The standard InChI is InChI=1S/C22H23N3O/c26-22(24-17-9-3-1-2-4-10-17)19-14-21(16-8-7-13-23-15-16)25-20-12-6-5-11-18(19)20/h5-8,11-15,17H,1-4,9-10H2,(H,24,26). The molecule has 132 valence electrons. The molecule has 0 aliphatic heterocycles. The second-order valence-electron chi connectivity index (χ2n) is 6.98. The lowest BCUT2D eigenvalue weighted by atomic mass is 10.0. The zero-order valence-electron chi connectivity index (χ0n) is 14.8. The van der Waals surface area contributed by atoms with Crippen LogP contribution in [-0.2, 0) is 0 Å². The Morgan fingerprint density at radius 2 is 1.81 bits per heavy atom. The Balaban J connectivity index is 1.71. The molecule has 0 saturated heterocycles. The highest BCUT2D eigenvalue weighted by atomic mass is 16.1. The molecule has 0 bridgehead atoms. The van der Waals surface area contributed by atoms with Crippen molar-refractivity contribution in [2.45, 2.75) is 44.6 Å². The number of carbonyl (C=O) groups is 1. The quantitative estimate of drug-likeness (QED) is 0.697. The van der Waals surface area contributed by atoms with Crippen molar-refractivity contribution in [2.75, 3.05) is 0 Å². The van der Waals surface area contributed by atoms with Crippen LogP contribution in [0.25, 0.3) is 22.2 Å². The van der Waals surface area contributed by atoms with Crippen LogP contribution in [0.4, 0.5) is 0 Å². The Hall–Kier alpha value is -2.75. The van der Waals surface area contributed by atoms with E-state index in [9.17, 15) is 4.79 Å². The summed E-state index contributed by atoms with van der Waals surface area (Å²) >= 11 is 0. The van der Waals surface area contributed by atoms with Gasteiger partial charge in [0.25, 0.3) is 5.91 Å². The second-order valence-corrected chi connectivity index (χ2v) is 6.98. The summed E-state index contributed by atoms with van der Waals surface area (Å²) in [5.41, 5.74) is 3.23. The highest BCUT2D eigenvalue weighted by Gasteiger charge is 2.18. The van der Waals surface area contributed by atoms with Crippen LogP contribution in [0.15, 0.2) is 54.9 Å². The van der Waals surface area contributed by atoms with Gasteiger partial charge in [-0.3, -0.25) is 9.78 Å². The summed E-state index contributed by atoms with van der Waals surface area (Å²) in [5, 5.41) is 4.16. The number of fused-ring (bicyclic) bond motifs is 1. The van der Waals surface area contributed by atoms with Crippen LogP contribution in [-0.4, -0.2) is 21.9 Å². The molecule has 1 amide bonds. The van der Waals surface area contributed by atoms with Crippen LogP contribution >= 0.6 is 0 Å². The van der Waals surface area contributed by atoms with Crippen molar-refractivity contribution in [3.8, 4) is 11.3 Å². The van der Waals surface area contributed by atoms with Gasteiger partial charge in [0.1, 0.15) is 0 Å². The van der Waals surface area contributed by atoms with Gasteiger partial charge in [-0.2, -0.15) is 0 Å². The molecule has 0 unspecified atom stereocenters. The van der Waals surface area contributed by atoms with Gasteiger partial charge in [0.05, 0.1) is 16.8 Å². The fraction of sp³-hybridized carbons (Fsp3) is 0.318. The third-order valence-corrected chi connectivity index (χ3v) is 5.11. The Morgan fingerprint density at radius 3 is 2.58 bits per heavy atom. The predicted molar refractivity (Wildman–Crippen MR) is 104 cm³/mol. The number of amides is 1. The number of rotatable bonds is 3. The first-order chi connectivity index (χ1) is 12.8. The summed E-state index contributed by atoms with van der Waals surface area (Å²) in [6.45, 7) is 0. The normalized spacial score (nSPS) is 15.5. The number of aromatic nitrogens is 2. The maximum Gasteiger partial charge on any atom is 0.252 e. The Kier molecular flexibility index (Phi) is 4.91. The van der Waals surface area contributed by atoms with Crippen LogP contribution in [0.2, 0.25) is 0 Å². The first-order valence-electron chi connectivity index (χ1n) is 9.42. The molecule has 3 aromatic rings. The first-order valence-corrected chi connectivity index (χ1v) is 9.42. The van der Waals surface area contributed by atoms with E-state index in [4.69, 9.17) is 4.98 Å². The summed E-state index contributed by atoms with van der Waals surface area (Å²) in [4.78, 5) is 22.0. The van der Waals surface area contributed by atoms with Gasteiger partial charge in [-0.25, -0.2) is 4.98 Å². The summed E-state index contributed by atoms with van der Waals surface area (Å²) in [6.07, 6.45) is 10.6. The van der Waals surface area contributed by atoms with Crippen LogP contribution in [0.1, 0.15) is 48.9 Å². The first kappa shape index (κ1) is 16.7. The van der Waals surface area contributed by atoms with E-state index in [0.29, 0.717) is 5.56 Å². The smallest absolute Gasteiger partial charge is 0.252 e. The fourth-order valence-corrected chi connectivity index (χ4v) is 3.71. The molecule has 26 heavy (non-hydrogen) atoms. The van der Waals surface area contributed by atoms with Gasteiger partial charge in [0.15, 0.2) is 0 Å². The Morgan fingerprint density at radius 1 is 1.00 bits per heavy atom. The van der Waals surface area contributed by atoms with Crippen molar-refractivity contribution < 1.29 is 4.79 Å². The lowest BCUT2D eigenvalue weighted by Gasteiger charge is -2.17. The third-order valence-electron chi connectivity index (χ3n) is 5.11. The molecule has 0 radical (unpaired) electrons. The van der Waals surface area contributed by atoms with Gasteiger partial charge in [0.2, 0.25) is 0 Å². The molecule has 2 aromatic heterocycles. The van der Waals surface area contributed by atoms with Crippen molar-refractivity contribution in [3.63, 3.8) is 0 Å². The van der Waals surface area contributed by atoms with E-state index < -0.39 is 0 Å². The van der Waals surface area contributed by atoms with E-state index in [1.54, 1.807) is 12.4 Å². The summed E-state index contributed by atoms with van der Waals surface area (Å²) in [7, 11) is 0. The number of para-hydroxylation sites is 1. The van der Waals surface area contributed by atoms with Crippen molar-refractivity contribution in [1.82, 2.24) is 15.3 Å². The van der Waals surface area contributed by atoms with Gasteiger partial charge >= 0.3 is 0 Å². The zero-order chi connectivity index (χ0) is 17.8. The number of pyridine rings is 2. The molecule has 2 heterocycles. The van der Waals surface area contributed by atoms with E-state index in [0.717, 1.165) is 35.0 Å². The maximum absolute atomic E-state index is 13.1. The van der Waals surface area contributed by atoms with Crippen molar-refractivity contribution in [2.24, 2.45) is 0 Å². The number of nitrogens with one attached hydrogen (secondary N) is 1. The Bertz CT molecular complexity index is 900. The number of hydrogen-bond donors (Lipinski definition) is 1. The minimum absolute atomic E-state index is 0.000593. The van der Waals surface area contributed by atoms with Gasteiger partial charge in [-0.1, -0.05) is 43.9 Å². The van der Waals surface area contributed by atoms with E-state index in [2.05, 4.69) is 10.3 Å². The van der Waals surface area contributed by atoms with E-state index in [-0.39, 0.29) is 11.9 Å². The monoisotopic (exact) mass is 345 g/mol. The lowest BCUT2D eigenvalue weighted by molar-refractivity contribution is 0.0935. The van der Waals surface area contributed by atoms with Crippen molar-refractivity contribution in [1.29, 1.82) is 0 Å². The van der Waals surface area contributed by atoms with E-state index >= 15 is 0 Å². The number of carbonyl (C=O) groups excluding carboxylic acids is 1. The van der Waals surface area contributed by atoms with E-state index in [1.807, 2.05) is 42.5 Å². The number of hydrogen-bond acceptors (Lipinski definition) is 3. The van der Waals surface area contributed by atoms with Crippen LogP contribution in [0.3, 0.4) is 0 Å². The molecule has 1 fully saturated rings. The molecule has 4 nitrogen and oxygen atoms in total. The summed E-state index contributed by atoms with van der Waals surface area (Å²) in [5.74, 6) is 0.000593. The SMILES string of the molecule is O=C(NC1CCCCCC1)c1cc(-c2cccnc2)nc2ccccc12. The molecule has 1 saturated carbocycles. The minimum atomic E-state index is 0.000593. The molecule has 1 N–H and O–H groups in total. The molecule has 1 aliphatic rings. The third kappa shape index (κ3) is 3.59. The summed E-state index contributed by atoms with van der Waals surface area (Å²) in [6, 6.07) is 13.9. The highest BCUT2D eigenvalue weighted by Crippen LogP contribution is 2.25. The highest BCUT2D eigenvalue weighted by molar-refractivity contribution is 6.07. The van der Waals surface area contributed by atoms with Crippen LogP contribution < -0.4 is 5.32 Å². The molecular formula is C22H23N3O. The molecule has 1 aliphatic carbocycles. The molecule has 0 spiro atoms. The average molecular weight is 345 g/mol. The average Bonchev–Trinajstić information content (AvgIpc) is 2.96. The minimum Gasteiger partial charge on any atom is -0.349 e. The summed E-state index contributed by atoms with van der Waals surface area (Å²) < 4.78 is 0. The van der Waals surface area contributed by atoms with Gasteiger partial charge in [0, 0.05) is 29.4 Å². The fourth-order valence-electron chi connectivity index (χ4n) is 3.71. The number of benzene rings is 1. The molecule has 4 heteroatoms. The van der Waals surface area contributed by atoms with Crippen molar-refractivity contribution in [3.05, 3.63) is 60.4 Å². The predicted octanol–water partition coefficient (Wildman–Crippen LogP) is 4.75. The topological polar surface area (TPSA) is 54.9 Å². The van der Waals surface area contributed by atoms with E-state index in [1.165, 1.54) is 25.7 Å². The van der Waals surface area contributed by atoms with Gasteiger partial charge < -0.3 is 5.32 Å². The maximum atomic E-state index is 13.1. The molecule has 4 rings (SSSR count). The Labute approximate surface area is 153 Å².